The molecule has 1 amide bonds. The minimum Gasteiger partial charge on any atom is -0.511 e. The molecule has 4 nitrogen and oxygen atoms in total. The Kier molecular flexibility index (Phi) is 4.34. The van der Waals surface area contributed by atoms with E-state index in [9.17, 15) is 14.7 Å². The molecule has 0 aromatic heterocycles. The number of carbonyl (C=O) groups excluding carboxylic acids is 2. The molecule has 0 unspecified atom stereocenters. The lowest BCUT2D eigenvalue weighted by molar-refractivity contribution is -0.123. The van der Waals surface area contributed by atoms with Crippen molar-refractivity contribution in [2.45, 2.75) is 39.0 Å². The van der Waals surface area contributed by atoms with E-state index >= 15 is 0 Å². The second-order valence-corrected chi connectivity index (χ2v) is 3.71. The van der Waals surface area contributed by atoms with Crippen molar-refractivity contribution < 1.29 is 14.7 Å². The molecule has 0 radical (unpaired) electrons. The Morgan fingerprint density at radius 2 is 2.20 bits per heavy atom. The zero-order valence-corrected chi connectivity index (χ0v) is 9.01. The van der Waals surface area contributed by atoms with Crippen LogP contribution in [0.15, 0.2) is 11.3 Å². The van der Waals surface area contributed by atoms with Crippen LogP contribution in [0.3, 0.4) is 0 Å². The van der Waals surface area contributed by atoms with E-state index in [0.717, 1.165) is 12.8 Å². The highest BCUT2D eigenvalue weighted by Crippen LogP contribution is 2.19. The Balaban J connectivity index is 2.60. The number of ketones is 1. The molecule has 0 heterocycles. The standard InChI is InChI=1S/C11H17NO3/c1-2-3-7-12-11(15)10-8(13)5-4-6-9(10)14/h13H,2-7H2,1H3,(H,12,15). The SMILES string of the molecule is CCCCNC(=O)C1=C(O)CCCC1=O. The minimum absolute atomic E-state index is 0.0302. The number of aliphatic hydroxyl groups is 1. The summed E-state index contributed by atoms with van der Waals surface area (Å²) in [6, 6.07) is 0. The summed E-state index contributed by atoms with van der Waals surface area (Å²) in [6.07, 6.45) is 3.30. The third kappa shape index (κ3) is 3.08. The van der Waals surface area contributed by atoms with Crippen LogP contribution in [0.4, 0.5) is 0 Å². The first-order chi connectivity index (χ1) is 7.16. The average Bonchev–Trinajstić information content (AvgIpc) is 2.18. The number of carbonyl (C=O) groups is 2. The molecular formula is C11H17NO3. The predicted octanol–water partition coefficient (Wildman–Crippen LogP) is 1.47. The van der Waals surface area contributed by atoms with E-state index in [2.05, 4.69) is 5.32 Å². The van der Waals surface area contributed by atoms with E-state index in [1.165, 1.54) is 0 Å². The van der Waals surface area contributed by atoms with Crippen LogP contribution in [0.2, 0.25) is 0 Å². The van der Waals surface area contributed by atoms with Crippen molar-refractivity contribution in [1.82, 2.24) is 5.32 Å². The Bertz CT molecular complexity index is 294. The first-order valence-corrected chi connectivity index (χ1v) is 5.40. The summed E-state index contributed by atoms with van der Waals surface area (Å²) in [5.41, 5.74) is -0.0302. The second-order valence-electron chi connectivity index (χ2n) is 3.71. The minimum atomic E-state index is -0.425. The van der Waals surface area contributed by atoms with E-state index in [1.807, 2.05) is 6.92 Å². The van der Waals surface area contributed by atoms with E-state index in [0.29, 0.717) is 25.8 Å². The molecule has 0 bridgehead atoms. The lowest BCUT2D eigenvalue weighted by Crippen LogP contribution is -2.31. The maximum atomic E-state index is 11.5. The molecular weight excluding hydrogens is 194 g/mol. The lowest BCUT2D eigenvalue weighted by atomic mass is 9.96. The summed E-state index contributed by atoms with van der Waals surface area (Å²) in [7, 11) is 0. The number of hydrogen-bond donors (Lipinski definition) is 2. The van der Waals surface area contributed by atoms with Gasteiger partial charge in [-0.3, -0.25) is 9.59 Å². The molecule has 15 heavy (non-hydrogen) atoms. The predicted molar refractivity (Wildman–Crippen MR) is 56.4 cm³/mol. The van der Waals surface area contributed by atoms with Crippen molar-refractivity contribution in [1.29, 1.82) is 0 Å². The molecule has 0 fully saturated rings. The van der Waals surface area contributed by atoms with Crippen molar-refractivity contribution in [3.63, 3.8) is 0 Å². The summed E-state index contributed by atoms with van der Waals surface area (Å²) in [5.74, 6) is -0.723. The molecule has 0 saturated heterocycles. The van der Waals surface area contributed by atoms with Gasteiger partial charge in [-0.1, -0.05) is 13.3 Å². The lowest BCUT2D eigenvalue weighted by Gasteiger charge is -2.14. The van der Waals surface area contributed by atoms with E-state index < -0.39 is 5.91 Å². The maximum Gasteiger partial charge on any atom is 0.258 e. The largest absolute Gasteiger partial charge is 0.511 e. The number of Topliss-reactive ketones (excluding diaryl/α,β-unsaturated/α-hetero) is 1. The molecule has 2 N–H and O–H groups in total. The summed E-state index contributed by atoms with van der Waals surface area (Å²) in [6.45, 7) is 2.58. The van der Waals surface area contributed by atoms with Crippen LogP contribution in [0.5, 0.6) is 0 Å². The molecule has 1 rings (SSSR count). The van der Waals surface area contributed by atoms with Gasteiger partial charge >= 0.3 is 0 Å². The third-order valence-corrected chi connectivity index (χ3v) is 2.43. The summed E-state index contributed by atoms with van der Waals surface area (Å²) >= 11 is 0. The Morgan fingerprint density at radius 1 is 1.47 bits per heavy atom. The average molecular weight is 211 g/mol. The molecule has 4 heteroatoms. The molecule has 0 aromatic rings. The maximum absolute atomic E-state index is 11.5. The number of amides is 1. The van der Waals surface area contributed by atoms with Crippen LogP contribution in [-0.4, -0.2) is 23.3 Å². The monoisotopic (exact) mass is 211 g/mol. The molecule has 0 aliphatic heterocycles. The van der Waals surface area contributed by atoms with Gasteiger partial charge in [-0.25, -0.2) is 0 Å². The fraction of sp³-hybridized carbons (Fsp3) is 0.636. The Hall–Kier alpha value is -1.32. The number of hydrogen-bond acceptors (Lipinski definition) is 3. The number of aliphatic hydroxyl groups excluding tert-OH is 1. The Labute approximate surface area is 89.4 Å². The van der Waals surface area contributed by atoms with Crippen molar-refractivity contribution in [3.05, 3.63) is 11.3 Å². The first kappa shape index (κ1) is 11.8. The molecule has 0 saturated carbocycles. The van der Waals surface area contributed by atoms with Crippen molar-refractivity contribution in [2.75, 3.05) is 6.54 Å². The van der Waals surface area contributed by atoms with Gasteiger partial charge in [0.2, 0.25) is 0 Å². The van der Waals surface area contributed by atoms with Crippen molar-refractivity contribution in [3.8, 4) is 0 Å². The number of rotatable bonds is 4. The van der Waals surface area contributed by atoms with Crippen LogP contribution in [0, 0.1) is 0 Å². The van der Waals surface area contributed by atoms with Crippen molar-refractivity contribution >= 4 is 11.7 Å². The topological polar surface area (TPSA) is 66.4 Å². The highest BCUT2D eigenvalue weighted by molar-refractivity contribution is 6.20. The Morgan fingerprint density at radius 3 is 2.80 bits per heavy atom. The van der Waals surface area contributed by atoms with Gasteiger partial charge in [-0.2, -0.15) is 0 Å². The van der Waals surface area contributed by atoms with E-state index in [-0.39, 0.29) is 17.1 Å². The van der Waals surface area contributed by atoms with Gasteiger partial charge in [-0.15, -0.1) is 0 Å². The van der Waals surface area contributed by atoms with Gasteiger partial charge in [0.15, 0.2) is 5.78 Å². The second kappa shape index (κ2) is 5.53. The quantitative estimate of drug-likeness (QED) is 0.546. The fourth-order valence-corrected chi connectivity index (χ4v) is 1.55. The zero-order chi connectivity index (χ0) is 11.3. The van der Waals surface area contributed by atoms with Crippen LogP contribution < -0.4 is 5.32 Å². The number of allylic oxidation sites excluding steroid dienone is 1. The summed E-state index contributed by atoms with van der Waals surface area (Å²) < 4.78 is 0. The van der Waals surface area contributed by atoms with Crippen LogP contribution in [0.1, 0.15) is 39.0 Å². The molecule has 0 atom stereocenters. The summed E-state index contributed by atoms with van der Waals surface area (Å²) in [4.78, 5) is 22.9. The van der Waals surface area contributed by atoms with Gasteiger partial charge in [0.25, 0.3) is 5.91 Å². The number of unbranched alkanes of at least 4 members (excludes halogenated alkanes) is 1. The molecule has 1 aliphatic rings. The van der Waals surface area contributed by atoms with Gasteiger partial charge in [0, 0.05) is 19.4 Å². The highest BCUT2D eigenvalue weighted by Gasteiger charge is 2.25. The van der Waals surface area contributed by atoms with Crippen LogP contribution in [0.25, 0.3) is 0 Å². The van der Waals surface area contributed by atoms with Crippen LogP contribution in [-0.2, 0) is 9.59 Å². The third-order valence-electron chi connectivity index (χ3n) is 2.43. The van der Waals surface area contributed by atoms with E-state index in [4.69, 9.17) is 0 Å². The normalized spacial score (nSPS) is 16.7. The zero-order valence-electron chi connectivity index (χ0n) is 9.01. The molecule has 1 aliphatic carbocycles. The first-order valence-electron chi connectivity index (χ1n) is 5.40. The molecule has 0 spiro atoms. The molecule has 84 valence electrons. The van der Waals surface area contributed by atoms with Crippen LogP contribution >= 0.6 is 0 Å². The molecule has 0 aromatic carbocycles. The van der Waals surface area contributed by atoms with Gasteiger partial charge in [-0.05, 0) is 12.8 Å². The smallest absolute Gasteiger partial charge is 0.258 e. The van der Waals surface area contributed by atoms with Gasteiger partial charge < -0.3 is 10.4 Å². The number of nitrogens with one attached hydrogen (secondary N) is 1. The summed E-state index contributed by atoms with van der Waals surface area (Å²) in [5, 5.41) is 12.1. The highest BCUT2D eigenvalue weighted by atomic mass is 16.3. The van der Waals surface area contributed by atoms with Gasteiger partial charge in [0.1, 0.15) is 11.3 Å². The van der Waals surface area contributed by atoms with Crippen molar-refractivity contribution in [2.24, 2.45) is 0 Å². The fourth-order valence-electron chi connectivity index (χ4n) is 1.55. The van der Waals surface area contributed by atoms with E-state index in [1.54, 1.807) is 0 Å². The van der Waals surface area contributed by atoms with Gasteiger partial charge in [0.05, 0.1) is 0 Å².